The molecule has 2 aromatic rings. The van der Waals surface area contributed by atoms with Gasteiger partial charge in [0.15, 0.2) is 11.2 Å². The molecular formula is C10H8ClF3N4O. The average Bonchev–Trinajstić information content (AvgIpc) is 2.62. The molecule has 0 atom stereocenters. The van der Waals surface area contributed by atoms with Crippen LogP contribution < -0.4 is 5.56 Å². The van der Waals surface area contributed by atoms with Crippen molar-refractivity contribution in [3.63, 3.8) is 0 Å². The third kappa shape index (κ3) is 2.62. The van der Waals surface area contributed by atoms with Crippen LogP contribution in [-0.4, -0.2) is 25.7 Å². The molecule has 2 aromatic heterocycles. The highest BCUT2D eigenvalue weighted by Gasteiger charge is 2.32. The van der Waals surface area contributed by atoms with E-state index in [2.05, 4.69) is 15.0 Å². The molecule has 1 N–H and O–H groups in total. The van der Waals surface area contributed by atoms with Crippen molar-refractivity contribution < 1.29 is 13.2 Å². The average molecular weight is 293 g/mol. The summed E-state index contributed by atoms with van der Waals surface area (Å²) in [6, 6.07) is 0. The minimum absolute atomic E-state index is 0.114. The Morgan fingerprint density at radius 1 is 1.58 bits per heavy atom. The van der Waals surface area contributed by atoms with Crippen molar-refractivity contribution in [2.45, 2.75) is 19.6 Å². The Kier molecular flexibility index (Phi) is 3.36. The standard InChI is InChI=1S/C10H8ClF3N4O/c1-5-17-8-7(9(19)16-4-15-8)18(5)3-2-6(11)10(12,13)14/h2,4H,3H2,1H3,(H,15,16,19). The van der Waals surface area contributed by atoms with Gasteiger partial charge < -0.3 is 9.55 Å². The predicted octanol–water partition coefficient (Wildman–Crippen LogP) is 2.11. The van der Waals surface area contributed by atoms with E-state index in [4.69, 9.17) is 11.6 Å². The molecule has 2 rings (SSSR count). The van der Waals surface area contributed by atoms with Gasteiger partial charge in [0, 0.05) is 6.54 Å². The third-order valence-corrected chi connectivity index (χ3v) is 2.83. The molecule has 19 heavy (non-hydrogen) atoms. The number of aryl methyl sites for hydroxylation is 1. The number of aromatic amines is 1. The van der Waals surface area contributed by atoms with Crippen LogP contribution in [0.2, 0.25) is 0 Å². The van der Waals surface area contributed by atoms with Crippen LogP contribution in [0.4, 0.5) is 13.2 Å². The summed E-state index contributed by atoms with van der Waals surface area (Å²) < 4.78 is 38.1. The van der Waals surface area contributed by atoms with Gasteiger partial charge in [0.1, 0.15) is 10.9 Å². The summed E-state index contributed by atoms with van der Waals surface area (Å²) in [4.78, 5) is 21.8. The van der Waals surface area contributed by atoms with Gasteiger partial charge in [-0.25, -0.2) is 9.97 Å². The topological polar surface area (TPSA) is 63.6 Å². The van der Waals surface area contributed by atoms with Gasteiger partial charge in [-0.2, -0.15) is 13.2 Å². The molecule has 0 aliphatic heterocycles. The Morgan fingerprint density at radius 3 is 2.89 bits per heavy atom. The first-order valence-corrected chi connectivity index (χ1v) is 5.52. The molecule has 0 unspecified atom stereocenters. The van der Waals surface area contributed by atoms with E-state index < -0.39 is 16.8 Å². The molecule has 2 heterocycles. The number of H-pyrrole nitrogens is 1. The fraction of sp³-hybridized carbons (Fsp3) is 0.300. The monoisotopic (exact) mass is 292 g/mol. The summed E-state index contributed by atoms with van der Waals surface area (Å²) >= 11 is 5.12. The number of alkyl halides is 3. The zero-order valence-corrected chi connectivity index (χ0v) is 10.4. The molecule has 9 heteroatoms. The predicted molar refractivity (Wildman–Crippen MR) is 62.9 cm³/mol. The van der Waals surface area contributed by atoms with E-state index >= 15 is 0 Å². The van der Waals surface area contributed by atoms with Crippen molar-refractivity contribution in [2.24, 2.45) is 0 Å². The van der Waals surface area contributed by atoms with Gasteiger partial charge in [0.05, 0.1) is 6.33 Å². The number of hydrogen-bond donors (Lipinski definition) is 1. The normalized spacial score (nSPS) is 13.2. The summed E-state index contributed by atoms with van der Waals surface area (Å²) in [5, 5.41) is -1.24. The van der Waals surface area contributed by atoms with Crippen LogP contribution >= 0.6 is 11.6 Å². The SMILES string of the molecule is Cc1nc2nc[nH]c(=O)c2n1CC=C(Cl)C(F)(F)F. The van der Waals surface area contributed by atoms with Crippen molar-refractivity contribution in [3.05, 3.63) is 33.6 Å². The highest BCUT2D eigenvalue weighted by atomic mass is 35.5. The smallest absolute Gasteiger partial charge is 0.318 e. The van der Waals surface area contributed by atoms with Crippen LogP contribution in [0.5, 0.6) is 0 Å². The van der Waals surface area contributed by atoms with Gasteiger partial charge in [-0.05, 0) is 13.0 Å². The van der Waals surface area contributed by atoms with E-state index in [0.717, 1.165) is 6.08 Å². The van der Waals surface area contributed by atoms with Crippen LogP contribution in [0.15, 0.2) is 22.2 Å². The number of imidazole rings is 1. The van der Waals surface area contributed by atoms with E-state index in [1.807, 2.05) is 0 Å². The van der Waals surface area contributed by atoms with Gasteiger partial charge in [-0.1, -0.05) is 11.6 Å². The molecule has 102 valence electrons. The van der Waals surface area contributed by atoms with Crippen molar-refractivity contribution >= 4 is 22.8 Å². The minimum atomic E-state index is -4.60. The Balaban J connectivity index is 2.47. The van der Waals surface area contributed by atoms with Crippen LogP contribution in [-0.2, 0) is 6.54 Å². The maximum atomic E-state index is 12.3. The second-order valence-corrected chi connectivity index (χ2v) is 4.13. The lowest BCUT2D eigenvalue weighted by atomic mass is 10.4. The number of nitrogens with zero attached hydrogens (tertiary/aromatic N) is 3. The number of hydrogen-bond acceptors (Lipinski definition) is 3. The molecule has 0 aromatic carbocycles. The van der Waals surface area contributed by atoms with Crippen molar-refractivity contribution in [1.29, 1.82) is 0 Å². The number of aromatic nitrogens is 4. The molecule has 0 aliphatic rings. The van der Waals surface area contributed by atoms with E-state index in [0.29, 0.717) is 5.82 Å². The van der Waals surface area contributed by atoms with Crippen molar-refractivity contribution in [3.8, 4) is 0 Å². The number of rotatable bonds is 2. The third-order valence-electron chi connectivity index (χ3n) is 2.46. The van der Waals surface area contributed by atoms with E-state index in [1.54, 1.807) is 6.92 Å². The summed E-state index contributed by atoms with van der Waals surface area (Å²) in [7, 11) is 0. The summed E-state index contributed by atoms with van der Waals surface area (Å²) in [6.07, 6.45) is -2.64. The number of allylic oxidation sites excluding steroid dienone is 2. The maximum Gasteiger partial charge on any atom is 0.426 e. The van der Waals surface area contributed by atoms with Crippen LogP contribution in [0.1, 0.15) is 5.82 Å². The lowest BCUT2D eigenvalue weighted by Gasteiger charge is -2.06. The lowest BCUT2D eigenvalue weighted by molar-refractivity contribution is -0.0847. The molecule has 0 fully saturated rings. The van der Waals surface area contributed by atoms with Crippen molar-refractivity contribution in [2.75, 3.05) is 0 Å². The summed E-state index contributed by atoms with van der Waals surface area (Å²) in [5.41, 5.74) is -0.178. The molecule has 0 radical (unpaired) electrons. The largest absolute Gasteiger partial charge is 0.426 e. The zero-order chi connectivity index (χ0) is 14.2. The Labute approximate surface area is 109 Å². The first-order chi connectivity index (χ1) is 8.80. The second kappa shape index (κ2) is 4.69. The number of fused-ring (bicyclic) bond motifs is 1. The first-order valence-electron chi connectivity index (χ1n) is 5.14. The quantitative estimate of drug-likeness (QED) is 0.922. The van der Waals surface area contributed by atoms with Gasteiger partial charge >= 0.3 is 6.18 Å². The Bertz CT molecular complexity index is 701. The van der Waals surface area contributed by atoms with Gasteiger partial charge in [-0.15, -0.1) is 0 Å². The van der Waals surface area contributed by atoms with E-state index in [9.17, 15) is 18.0 Å². The Hall–Kier alpha value is -1.83. The zero-order valence-electron chi connectivity index (χ0n) is 9.62. The lowest BCUT2D eigenvalue weighted by Crippen LogP contribution is -2.13. The van der Waals surface area contributed by atoms with Gasteiger partial charge in [-0.3, -0.25) is 4.79 Å². The highest BCUT2D eigenvalue weighted by molar-refractivity contribution is 6.30. The van der Waals surface area contributed by atoms with Crippen LogP contribution in [0, 0.1) is 6.92 Å². The molecule has 5 nitrogen and oxygen atoms in total. The molecule has 0 spiro atoms. The molecule has 0 aliphatic carbocycles. The van der Waals surface area contributed by atoms with Gasteiger partial charge in [0.25, 0.3) is 5.56 Å². The number of nitrogens with one attached hydrogen (secondary N) is 1. The van der Waals surface area contributed by atoms with E-state index in [1.165, 1.54) is 10.9 Å². The molecule has 0 saturated carbocycles. The maximum absolute atomic E-state index is 12.3. The van der Waals surface area contributed by atoms with Crippen molar-refractivity contribution in [1.82, 2.24) is 19.5 Å². The van der Waals surface area contributed by atoms with Crippen LogP contribution in [0.25, 0.3) is 11.2 Å². The highest BCUT2D eigenvalue weighted by Crippen LogP contribution is 2.28. The number of halogens is 4. The fourth-order valence-corrected chi connectivity index (χ4v) is 1.66. The van der Waals surface area contributed by atoms with Gasteiger partial charge in [0.2, 0.25) is 0 Å². The Morgan fingerprint density at radius 2 is 2.26 bits per heavy atom. The van der Waals surface area contributed by atoms with E-state index in [-0.39, 0.29) is 17.7 Å². The first kappa shape index (κ1) is 13.6. The summed E-state index contributed by atoms with van der Waals surface area (Å²) in [6.45, 7) is 1.35. The second-order valence-electron chi connectivity index (χ2n) is 3.72. The minimum Gasteiger partial charge on any atom is -0.318 e. The molecule has 0 bridgehead atoms. The molecular weight excluding hydrogens is 285 g/mol. The molecule has 0 saturated heterocycles. The fourth-order valence-electron chi connectivity index (χ4n) is 1.59. The molecule has 0 amide bonds. The van der Waals surface area contributed by atoms with Crippen LogP contribution in [0.3, 0.4) is 0 Å². The summed E-state index contributed by atoms with van der Waals surface area (Å²) in [5.74, 6) is 0.377.